The minimum Gasteiger partial charge on any atom is -0.384 e. The molecule has 7 nitrogen and oxygen atoms in total. The highest BCUT2D eigenvalue weighted by molar-refractivity contribution is 5.43. The zero-order valence-corrected chi connectivity index (χ0v) is 18.6. The zero-order valence-electron chi connectivity index (χ0n) is 18.6. The quantitative estimate of drug-likeness (QED) is 0.557. The summed E-state index contributed by atoms with van der Waals surface area (Å²) in [6, 6.07) is 14.6. The van der Waals surface area contributed by atoms with Crippen LogP contribution in [-0.4, -0.2) is 48.5 Å². The van der Waals surface area contributed by atoms with Crippen LogP contribution >= 0.6 is 0 Å². The van der Waals surface area contributed by atoms with Crippen molar-refractivity contribution in [3.05, 3.63) is 70.1 Å². The predicted molar refractivity (Wildman–Crippen MR) is 121 cm³/mol. The number of benzene rings is 2. The summed E-state index contributed by atoms with van der Waals surface area (Å²) in [5.74, 6) is 0.232. The van der Waals surface area contributed by atoms with E-state index in [0.717, 1.165) is 35.5 Å². The Balaban J connectivity index is 1.59. The fourth-order valence-corrected chi connectivity index (χ4v) is 4.89. The van der Waals surface area contributed by atoms with Gasteiger partial charge in [0, 0.05) is 47.1 Å². The largest absolute Gasteiger partial charge is 0.417 e. The number of nitroso groups, excluding NO2 is 1. The first-order valence-electron chi connectivity index (χ1n) is 11.3. The van der Waals surface area contributed by atoms with Crippen LogP contribution in [0.3, 0.4) is 0 Å². The van der Waals surface area contributed by atoms with Gasteiger partial charge in [0.1, 0.15) is 0 Å². The van der Waals surface area contributed by atoms with E-state index in [1.165, 1.54) is 6.07 Å². The molecule has 2 aromatic rings. The number of nitrogens with zero attached hydrogens (tertiary/aromatic N) is 3. The Hall–Kier alpha value is -3.00. The van der Waals surface area contributed by atoms with Crippen LogP contribution in [0.5, 0.6) is 0 Å². The van der Waals surface area contributed by atoms with Crippen LogP contribution in [0.15, 0.2) is 48.5 Å². The van der Waals surface area contributed by atoms with Gasteiger partial charge in [0.15, 0.2) is 0 Å². The Bertz CT molecular complexity index is 1050. The average Bonchev–Trinajstić information content (AvgIpc) is 3.31. The fourth-order valence-electron chi connectivity index (χ4n) is 4.89. The molecule has 4 unspecified atom stereocenters. The number of halogens is 3. The van der Waals surface area contributed by atoms with E-state index in [0.29, 0.717) is 37.7 Å². The number of anilines is 1. The second kappa shape index (κ2) is 10.1. The molecule has 2 aromatic carbocycles. The number of para-hydroxylation sites is 1. The highest BCUT2D eigenvalue weighted by Gasteiger charge is 2.50. The lowest BCUT2D eigenvalue weighted by atomic mass is 9.97. The van der Waals surface area contributed by atoms with Crippen molar-refractivity contribution >= 4 is 5.69 Å². The van der Waals surface area contributed by atoms with Gasteiger partial charge in [-0.3, -0.25) is 5.32 Å². The third-order valence-corrected chi connectivity index (χ3v) is 6.66. The van der Waals surface area contributed by atoms with Crippen molar-refractivity contribution in [3.8, 4) is 6.07 Å². The summed E-state index contributed by atoms with van der Waals surface area (Å²) < 4.78 is 40.6. The molecular formula is C24H28F3N6O+. The van der Waals surface area contributed by atoms with Crippen molar-refractivity contribution < 1.29 is 17.9 Å². The summed E-state index contributed by atoms with van der Waals surface area (Å²) in [4.78, 5) is 15.8. The van der Waals surface area contributed by atoms with E-state index in [1.54, 1.807) is 6.07 Å². The topological polar surface area (TPSA) is 97.2 Å². The lowest BCUT2D eigenvalue weighted by molar-refractivity contribution is -0.669. The van der Waals surface area contributed by atoms with Crippen LogP contribution in [0.1, 0.15) is 29.3 Å². The Morgan fingerprint density at radius 2 is 2.00 bits per heavy atom. The second-order valence-corrected chi connectivity index (χ2v) is 8.89. The van der Waals surface area contributed by atoms with Gasteiger partial charge in [-0.25, -0.2) is 4.90 Å². The maximum Gasteiger partial charge on any atom is 0.417 e. The Labute approximate surface area is 196 Å². The van der Waals surface area contributed by atoms with E-state index >= 15 is 0 Å². The summed E-state index contributed by atoms with van der Waals surface area (Å²) in [5.41, 5.74) is 5.66. The van der Waals surface area contributed by atoms with Gasteiger partial charge in [0.25, 0.3) is 12.3 Å². The van der Waals surface area contributed by atoms with Crippen LogP contribution < -0.4 is 16.4 Å². The molecule has 0 bridgehead atoms. The summed E-state index contributed by atoms with van der Waals surface area (Å²) in [5, 5.41) is 15.9. The van der Waals surface area contributed by atoms with Gasteiger partial charge in [-0.2, -0.15) is 18.4 Å². The van der Waals surface area contributed by atoms with Crippen LogP contribution in [0.2, 0.25) is 0 Å². The van der Waals surface area contributed by atoms with Crippen molar-refractivity contribution in [2.24, 2.45) is 17.6 Å². The molecule has 10 heteroatoms. The monoisotopic (exact) mass is 473 g/mol. The normalized spacial score (nSPS) is 25.8. The average molecular weight is 474 g/mol. The molecule has 4 atom stereocenters. The molecule has 0 radical (unpaired) electrons. The highest BCUT2D eigenvalue weighted by Crippen LogP contribution is 2.35. The fraction of sp³-hybridized carbons (Fsp3) is 0.458. The first kappa shape index (κ1) is 24.1. The molecular weight excluding hydrogens is 445 g/mol. The molecule has 2 aliphatic rings. The van der Waals surface area contributed by atoms with Gasteiger partial charge in [-0.15, -0.1) is 0 Å². The molecule has 34 heavy (non-hydrogen) atoms. The molecule has 0 aromatic heterocycles. The lowest BCUT2D eigenvalue weighted by Crippen LogP contribution is -2.59. The number of nitrogens with one attached hydrogen (secondary N) is 2. The van der Waals surface area contributed by atoms with E-state index in [4.69, 9.17) is 5.73 Å². The molecule has 4 N–H and O–H groups in total. The number of nitriles is 1. The smallest absolute Gasteiger partial charge is 0.384 e. The van der Waals surface area contributed by atoms with E-state index < -0.39 is 29.6 Å². The Morgan fingerprint density at radius 3 is 2.65 bits per heavy atom. The van der Waals surface area contributed by atoms with E-state index in [2.05, 4.69) is 15.5 Å². The summed E-state index contributed by atoms with van der Waals surface area (Å²) in [6.45, 7) is 3.01. The van der Waals surface area contributed by atoms with Crippen molar-refractivity contribution in [1.82, 2.24) is 10.2 Å². The number of alkyl halides is 3. The van der Waals surface area contributed by atoms with Gasteiger partial charge in [-0.05, 0) is 43.1 Å². The summed E-state index contributed by atoms with van der Waals surface area (Å²) in [7, 11) is 0. The van der Waals surface area contributed by atoms with Crippen LogP contribution in [0.25, 0.3) is 0 Å². The number of nitrogens with two attached hydrogens (primary N) is 1. The number of hydrogen-bond donors (Lipinski definition) is 3. The molecule has 4 rings (SSSR count). The first-order chi connectivity index (χ1) is 16.3. The zero-order chi connectivity index (χ0) is 24.3. The third kappa shape index (κ3) is 5.06. The van der Waals surface area contributed by atoms with Gasteiger partial charge in [0.2, 0.25) is 0 Å². The maximum absolute atomic E-state index is 13.7. The molecule has 2 heterocycles. The highest BCUT2D eigenvalue weighted by atomic mass is 19.4. The van der Waals surface area contributed by atoms with Crippen molar-refractivity contribution in [1.29, 1.82) is 5.26 Å². The predicted octanol–water partition coefficient (Wildman–Crippen LogP) is 3.29. The van der Waals surface area contributed by atoms with Crippen molar-refractivity contribution in [3.63, 3.8) is 0 Å². The molecule has 2 fully saturated rings. The van der Waals surface area contributed by atoms with E-state index in [1.807, 2.05) is 30.3 Å². The molecule has 0 spiro atoms. The third-order valence-electron chi connectivity index (χ3n) is 6.66. The molecule has 2 aliphatic heterocycles. The van der Waals surface area contributed by atoms with E-state index in [-0.39, 0.29) is 5.92 Å². The Morgan fingerprint density at radius 1 is 1.24 bits per heavy atom. The number of hydrogen-bond acceptors (Lipinski definition) is 6. The van der Waals surface area contributed by atoms with Crippen LogP contribution in [0, 0.1) is 28.1 Å². The van der Waals surface area contributed by atoms with Crippen LogP contribution in [-0.2, 0) is 6.18 Å². The number of rotatable bonds is 6. The van der Waals surface area contributed by atoms with Crippen molar-refractivity contribution in [2.75, 3.05) is 38.0 Å². The van der Waals surface area contributed by atoms with E-state index in [9.17, 15) is 23.3 Å². The summed E-state index contributed by atoms with van der Waals surface area (Å²) in [6.07, 6.45) is -5.07. The Kier molecular flexibility index (Phi) is 7.16. The lowest BCUT2D eigenvalue weighted by Gasteiger charge is -2.35. The SMILES string of the molecule is N#Cc1cc(C2NCC(CNc3ccccc3)C(N3CCC(CN)C3)[N+]2=O)ccc1C(F)(F)F. The van der Waals surface area contributed by atoms with Gasteiger partial charge >= 0.3 is 6.18 Å². The molecule has 180 valence electrons. The molecule has 2 saturated heterocycles. The second-order valence-electron chi connectivity index (χ2n) is 8.89. The minimum atomic E-state index is -4.63. The number of likely N-dealkylation sites (tertiary alicyclic amines) is 1. The minimum absolute atomic E-state index is 0.0737. The summed E-state index contributed by atoms with van der Waals surface area (Å²) >= 11 is 0. The first-order valence-corrected chi connectivity index (χ1v) is 11.3. The van der Waals surface area contributed by atoms with Gasteiger partial charge in [-0.1, -0.05) is 24.3 Å². The maximum atomic E-state index is 13.7. The standard InChI is InChI=1S/C24H28F3N6O/c25-24(26,27)21-7-6-17(10-18(21)12-29)22-31-14-19(13-30-20-4-2-1-3-5-20)23(33(22)34)32-9-8-16(11-28)15-32/h1-7,10,16,19,22-23,30-31H,8-9,11,13-15,28H2/q+1. The molecule has 0 saturated carbocycles. The van der Waals surface area contributed by atoms with Crippen molar-refractivity contribution in [2.45, 2.75) is 24.9 Å². The molecule has 0 aliphatic carbocycles. The van der Waals surface area contributed by atoms with Gasteiger partial charge < -0.3 is 11.1 Å². The van der Waals surface area contributed by atoms with Crippen LogP contribution in [0.4, 0.5) is 18.9 Å². The van der Waals surface area contributed by atoms with Gasteiger partial charge in [0.05, 0.1) is 23.1 Å². The molecule has 0 amide bonds.